The first kappa shape index (κ1) is 6.92. The van der Waals surface area contributed by atoms with Crippen LogP contribution in [0.1, 0.15) is 5.69 Å². The van der Waals surface area contributed by atoms with E-state index in [0.717, 1.165) is 4.47 Å². The average Bonchev–Trinajstić information content (AvgIpc) is 2.31. The van der Waals surface area contributed by atoms with Crippen molar-refractivity contribution in [1.82, 2.24) is 4.98 Å². The van der Waals surface area contributed by atoms with Gasteiger partial charge < -0.3 is 4.98 Å². The lowest BCUT2D eigenvalue weighted by Gasteiger charge is -1.90. The molecule has 0 spiro atoms. The quantitative estimate of drug-likeness (QED) is 0.686. The molecule has 11 heavy (non-hydrogen) atoms. The van der Waals surface area contributed by atoms with Crippen molar-refractivity contribution < 1.29 is 0 Å². The number of nitrogens with one attached hydrogen (secondary N) is 1. The topological polar surface area (TPSA) is 15.8 Å². The minimum Gasteiger partial charge on any atom is -0.358 e. The Morgan fingerprint density at radius 1 is 1.36 bits per heavy atom. The second-order valence-electron chi connectivity index (χ2n) is 2.66. The third-order valence-electron chi connectivity index (χ3n) is 1.74. The van der Waals surface area contributed by atoms with Gasteiger partial charge in [-0.1, -0.05) is 12.1 Å². The molecule has 0 saturated heterocycles. The van der Waals surface area contributed by atoms with Crippen molar-refractivity contribution in [3.05, 3.63) is 34.4 Å². The van der Waals surface area contributed by atoms with Crippen LogP contribution in [0.4, 0.5) is 0 Å². The number of hydrogen-bond acceptors (Lipinski definition) is 0. The van der Waals surface area contributed by atoms with Crippen LogP contribution in [-0.2, 0) is 0 Å². The van der Waals surface area contributed by atoms with Gasteiger partial charge in [0.25, 0.3) is 0 Å². The van der Waals surface area contributed by atoms with E-state index in [1.54, 1.807) is 0 Å². The number of benzene rings is 1. The highest BCUT2D eigenvalue weighted by Gasteiger charge is 1.98. The molecular formula is C9H8BrN. The second-order valence-corrected chi connectivity index (χ2v) is 3.51. The van der Waals surface area contributed by atoms with Crippen LogP contribution in [0.5, 0.6) is 0 Å². The van der Waals surface area contributed by atoms with Crippen LogP contribution in [0, 0.1) is 6.92 Å². The van der Waals surface area contributed by atoms with Crippen molar-refractivity contribution >= 4 is 26.8 Å². The Labute approximate surface area is 73.6 Å². The van der Waals surface area contributed by atoms with Gasteiger partial charge in [0.2, 0.25) is 0 Å². The molecule has 0 aliphatic carbocycles. The summed E-state index contributed by atoms with van der Waals surface area (Å²) in [6.07, 6.45) is 0. The van der Waals surface area contributed by atoms with E-state index < -0.39 is 0 Å². The Hall–Kier alpha value is -0.760. The van der Waals surface area contributed by atoms with Crippen LogP contribution in [-0.4, -0.2) is 4.98 Å². The van der Waals surface area contributed by atoms with Crippen LogP contribution in [0.2, 0.25) is 0 Å². The molecule has 0 fully saturated rings. The van der Waals surface area contributed by atoms with Gasteiger partial charge in [-0.05, 0) is 35.0 Å². The van der Waals surface area contributed by atoms with E-state index in [9.17, 15) is 0 Å². The number of hydrogen-bond donors (Lipinski definition) is 1. The number of H-pyrrole nitrogens is 1. The number of para-hydroxylation sites is 1. The third-order valence-corrected chi connectivity index (χ3v) is 2.40. The van der Waals surface area contributed by atoms with Gasteiger partial charge in [0, 0.05) is 15.6 Å². The fraction of sp³-hybridized carbons (Fsp3) is 0.111. The van der Waals surface area contributed by atoms with Gasteiger partial charge in [-0.15, -0.1) is 0 Å². The van der Waals surface area contributed by atoms with E-state index in [2.05, 4.69) is 40.0 Å². The van der Waals surface area contributed by atoms with Crippen molar-refractivity contribution in [2.75, 3.05) is 0 Å². The largest absolute Gasteiger partial charge is 0.358 e. The Morgan fingerprint density at radius 2 is 2.18 bits per heavy atom. The zero-order valence-corrected chi connectivity index (χ0v) is 7.77. The van der Waals surface area contributed by atoms with Gasteiger partial charge in [-0.2, -0.15) is 0 Å². The Kier molecular flexibility index (Phi) is 1.50. The summed E-state index contributed by atoms with van der Waals surface area (Å²) in [5.74, 6) is 0. The van der Waals surface area contributed by atoms with E-state index in [1.807, 2.05) is 12.1 Å². The number of aromatic nitrogens is 1. The molecular weight excluding hydrogens is 202 g/mol. The molecule has 0 aliphatic rings. The summed E-state index contributed by atoms with van der Waals surface area (Å²) < 4.78 is 1.13. The molecule has 2 aromatic rings. The normalized spacial score (nSPS) is 10.7. The van der Waals surface area contributed by atoms with Crippen molar-refractivity contribution in [1.29, 1.82) is 0 Å². The molecule has 0 saturated carbocycles. The first-order chi connectivity index (χ1) is 5.27. The molecule has 1 aromatic carbocycles. The highest BCUT2D eigenvalue weighted by Crippen LogP contribution is 2.23. The Morgan fingerprint density at radius 3 is 2.91 bits per heavy atom. The van der Waals surface area contributed by atoms with E-state index in [1.165, 1.54) is 16.6 Å². The van der Waals surface area contributed by atoms with Crippen molar-refractivity contribution in [2.45, 2.75) is 6.92 Å². The van der Waals surface area contributed by atoms with Crippen molar-refractivity contribution in [2.24, 2.45) is 0 Å². The number of aryl methyl sites for hydroxylation is 1. The summed E-state index contributed by atoms with van der Waals surface area (Å²) in [6, 6.07) is 8.32. The molecule has 56 valence electrons. The number of fused-ring (bicyclic) bond motifs is 1. The van der Waals surface area contributed by atoms with Gasteiger partial charge >= 0.3 is 0 Å². The smallest absolute Gasteiger partial charge is 0.0600 e. The van der Waals surface area contributed by atoms with E-state index in [0.29, 0.717) is 0 Å². The Balaban J connectivity index is 2.90. The molecule has 0 bridgehead atoms. The molecule has 0 amide bonds. The standard InChI is InChI=1S/C9H8BrN/c1-6-5-7-3-2-4-8(10)9(7)11-6/h2-5,11H,1H3. The van der Waals surface area contributed by atoms with Gasteiger partial charge in [-0.25, -0.2) is 0 Å². The summed E-state index contributed by atoms with van der Waals surface area (Å²) in [5, 5.41) is 1.26. The zero-order valence-electron chi connectivity index (χ0n) is 6.19. The highest BCUT2D eigenvalue weighted by atomic mass is 79.9. The minimum atomic E-state index is 1.13. The first-order valence-corrected chi connectivity index (χ1v) is 4.30. The van der Waals surface area contributed by atoms with Gasteiger partial charge in [-0.3, -0.25) is 0 Å². The maximum atomic E-state index is 3.48. The average molecular weight is 210 g/mol. The lowest BCUT2D eigenvalue weighted by Crippen LogP contribution is -1.69. The fourth-order valence-corrected chi connectivity index (χ4v) is 1.74. The van der Waals surface area contributed by atoms with E-state index >= 15 is 0 Å². The molecule has 0 unspecified atom stereocenters. The van der Waals surface area contributed by atoms with Crippen LogP contribution in [0.3, 0.4) is 0 Å². The van der Waals surface area contributed by atoms with Crippen LogP contribution in [0.15, 0.2) is 28.7 Å². The molecule has 2 heteroatoms. The molecule has 1 heterocycles. The maximum absolute atomic E-state index is 3.48. The fourth-order valence-electron chi connectivity index (χ4n) is 1.26. The molecule has 2 rings (SSSR count). The second kappa shape index (κ2) is 2.38. The van der Waals surface area contributed by atoms with E-state index in [4.69, 9.17) is 0 Å². The zero-order chi connectivity index (χ0) is 7.84. The third kappa shape index (κ3) is 1.07. The highest BCUT2D eigenvalue weighted by molar-refractivity contribution is 9.10. The molecule has 1 nitrogen and oxygen atoms in total. The summed E-state index contributed by atoms with van der Waals surface area (Å²) in [4.78, 5) is 3.28. The number of halogens is 1. The minimum absolute atomic E-state index is 1.13. The Bertz CT molecular complexity index is 389. The van der Waals surface area contributed by atoms with Crippen LogP contribution >= 0.6 is 15.9 Å². The summed E-state index contributed by atoms with van der Waals surface area (Å²) in [5.41, 5.74) is 2.39. The van der Waals surface area contributed by atoms with Crippen molar-refractivity contribution in [3.63, 3.8) is 0 Å². The molecule has 0 atom stereocenters. The molecule has 0 radical (unpaired) electrons. The summed E-state index contributed by atoms with van der Waals surface area (Å²) >= 11 is 3.48. The van der Waals surface area contributed by atoms with Crippen LogP contribution < -0.4 is 0 Å². The van der Waals surface area contributed by atoms with Gasteiger partial charge in [0.05, 0.1) is 5.52 Å². The van der Waals surface area contributed by atoms with Gasteiger partial charge in [0.15, 0.2) is 0 Å². The summed E-state index contributed by atoms with van der Waals surface area (Å²) in [6.45, 7) is 2.06. The number of aromatic amines is 1. The predicted molar refractivity (Wildman–Crippen MR) is 50.7 cm³/mol. The lowest BCUT2D eigenvalue weighted by atomic mass is 10.2. The first-order valence-electron chi connectivity index (χ1n) is 3.51. The molecule has 1 aromatic heterocycles. The monoisotopic (exact) mass is 209 g/mol. The molecule has 1 N–H and O–H groups in total. The summed E-state index contributed by atoms with van der Waals surface area (Å²) in [7, 11) is 0. The molecule has 0 aliphatic heterocycles. The van der Waals surface area contributed by atoms with E-state index in [-0.39, 0.29) is 0 Å². The van der Waals surface area contributed by atoms with Gasteiger partial charge in [0.1, 0.15) is 0 Å². The SMILES string of the molecule is Cc1cc2cccc(Br)c2[nH]1. The van der Waals surface area contributed by atoms with Crippen molar-refractivity contribution in [3.8, 4) is 0 Å². The number of rotatable bonds is 0. The predicted octanol–water partition coefficient (Wildman–Crippen LogP) is 3.24. The maximum Gasteiger partial charge on any atom is 0.0600 e. The lowest BCUT2D eigenvalue weighted by molar-refractivity contribution is 1.30. The van der Waals surface area contributed by atoms with Crippen LogP contribution in [0.25, 0.3) is 10.9 Å².